The van der Waals surface area contributed by atoms with Crippen molar-refractivity contribution in [3.8, 4) is 0 Å². The van der Waals surface area contributed by atoms with E-state index in [9.17, 15) is 14.7 Å². The van der Waals surface area contributed by atoms with Gasteiger partial charge < -0.3 is 14.8 Å². The number of nitrogens with zero attached hydrogens (tertiary/aromatic N) is 1. The van der Waals surface area contributed by atoms with Gasteiger partial charge in [-0.25, -0.2) is 9.78 Å². The number of aromatic nitrogens is 1. The molecule has 2 rings (SSSR count). The van der Waals surface area contributed by atoms with E-state index >= 15 is 0 Å². The van der Waals surface area contributed by atoms with Crippen LogP contribution in [0.15, 0.2) is 10.8 Å². The summed E-state index contributed by atoms with van der Waals surface area (Å²) in [6.45, 7) is 1.62. The summed E-state index contributed by atoms with van der Waals surface area (Å²) < 4.78 is 4.94. The lowest BCUT2D eigenvalue weighted by molar-refractivity contribution is -0.144. The average molecular weight is 270 g/mol. The Morgan fingerprint density at radius 1 is 1.50 bits per heavy atom. The van der Waals surface area contributed by atoms with E-state index in [1.54, 1.807) is 18.7 Å². The number of carboxylic acid groups (broad SMARTS) is 1. The molecule has 1 saturated heterocycles. The molecule has 0 atom stereocenters. The zero-order valence-electron chi connectivity index (χ0n) is 9.93. The molecular formula is C11H14N2O4S. The van der Waals surface area contributed by atoms with Gasteiger partial charge in [-0.15, -0.1) is 0 Å². The smallest absolute Gasteiger partial charge is 0.329 e. The molecule has 0 radical (unpaired) electrons. The number of aliphatic carboxylic acids is 1. The molecule has 0 aliphatic carbocycles. The van der Waals surface area contributed by atoms with E-state index in [1.807, 2.05) is 0 Å². The van der Waals surface area contributed by atoms with Crippen LogP contribution in [0.2, 0.25) is 0 Å². The first-order valence-corrected chi connectivity index (χ1v) is 6.74. The largest absolute Gasteiger partial charge is 0.480 e. The number of hydrogen-bond donors (Lipinski definition) is 2. The molecular weight excluding hydrogens is 256 g/mol. The minimum absolute atomic E-state index is 0.147. The summed E-state index contributed by atoms with van der Waals surface area (Å²) in [5.74, 6) is 0.362. The molecule has 0 spiro atoms. The number of rotatable bonds is 3. The predicted molar refractivity (Wildman–Crippen MR) is 65.6 cm³/mol. The van der Waals surface area contributed by atoms with Crippen molar-refractivity contribution in [2.45, 2.75) is 25.3 Å². The molecule has 98 valence electrons. The molecule has 1 fully saturated rings. The molecule has 1 amide bonds. The van der Waals surface area contributed by atoms with Gasteiger partial charge in [-0.1, -0.05) is 0 Å². The van der Waals surface area contributed by atoms with Crippen molar-refractivity contribution in [2.24, 2.45) is 0 Å². The lowest BCUT2D eigenvalue weighted by Gasteiger charge is -2.33. The molecule has 0 saturated carbocycles. The lowest BCUT2D eigenvalue weighted by atomic mass is 9.92. The Hall–Kier alpha value is -1.50. The van der Waals surface area contributed by atoms with Gasteiger partial charge >= 0.3 is 5.97 Å². The highest BCUT2D eigenvalue weighted by atomic mass is 32.2. The lowest BCUT2D eigenvalue weighted by Crippen LogP contribution is -2.56. The van der Waals surface area contributed by atoms with Crippen LogP contribution < -0.4 is 5.32 Å². The van der Waals surface area contributed by atoms with Crippen molar-refractivity contribution in [1.82, 2.24) is 10.3 Å². The maximum Gasteiger partial charge on any atom is 0.329 e. The molecule has 1 aromatic rings. The predicted octanol–water partition coefficient (Wildman–Crippen LogP) is 1.06. The number of carbonyl (C=O) groups is 2. The van der Waals surface area contributed by atoms with Crippen LogP contribution in [0.25, 0.3) is 0 Å². The Morgan fingerprint density at radius 2 is 2.17 bits per heavy atom. The third kappa shape index (κ3) is 2.35. The summed E-state index contributed by atoms with van der Waals surface area (Å²) in [4.78, 5) is 27.2. The summed E-state index contributed by atoms with van der Waals surface area (Å²) >= 11 is 1.69. The van der Waals surface area contributed by atoms with Crippen molar-refractivity contribution >= 4 is 23.6 Å². The first kappa shape index (κ1) is 12.9. The summed E-state index contributed by atoms with van der Waals surface area (Å²) in [5.41, 5.74) is -1.03. The minimum atomic E-state index is -1.17. The fourth-order valence-electron chi connectivity index (χ4n) is 1.91. The van der Waals surface area contributed by atoms with Gasteiger partial charge in [0.1, 0.15) is 11.3 Å². The maximum atomic E-state index is 12.0. The van der Waals surface area contributed by atoms with Gasteiger partial charge in [-0.2, -0.15) is 11.8 Å². The molecule has 1 aliphatic heterocycles. The van der Waals surface area contributed by atoms with Gasteiger partial charge in [0.05, 0.1) is 0 Å². The van der Waals surface area contributed by atoms with Crippen molar-refractivity contribution in [2.75, 3.05) is 11.5 Å². The topological polar surface area (TPSA) is 92.4 Å². The van der Waals surface area contributed by atoms with Gasteiger partial charge in [-0.3, -0.25) is 4.79 Å². The SMILES string of the molecule is Cc1ocnc1C(=O)NC1(C(=O)O)CCSCC1. The summed E-state index contributed by atoms with van der Waals surface area (Å²) in [5, 5.41) is 11.9. The number of thioether (sulfide) groups is 1. The molecule has 2 N–H and O–H groups in total. The second-order valence-electron chi connectivity index (χ2n) is 4.21. The van der Waals surface area contributed by atoms with Gasteiger partial charge in [0.25, 0.3) is 5.91 Å². The number of aryl methyl sites for hydroxylation is 1. The molecule has 1 aromatic heterocycles. The van der Waals surface area contributed by atoms with Crippen LogP contribution in [0, 0.1) is 6.92 Å². The Labute approximate surface area is 108 Å². The number of carboxylic acids is 1. The Bertz CT molecular complexity index is 465. The number of amides is 1. The van der Waals surface area contributed by atoms with Crippen molar-refractivity contribution in [3.05, 3.63) is 17.8 Å². The molecule has 18 heavy (non-hydrogen) atoms. The van der Waals surface area contributed by atoms with Crippen molar-refractivity contribution < 1.29 is 19.1 Å². The number of nitrogens with one attached hydrogen (secondary N) is 1. The van der Waals surface area contributed by atoms with Gasteiger partial charge in [-0.05, 0) is 31.3 Å². The van der Waals surface area contributed by atoms with E-state index in [0.717, 1.165) is 11.5 Å². The fourth-order valence-corrected chi connectivity index (χ4v) is 3.10. The minimum Gasteiger partial charge on any atom is -0.480 e. The van der Waals surface area contributed by atoms with Crippen LogP contribution >= 0.6 is 11.8 Å². The molecule has 0 aromatic carbocycles. The van der Waals surface area contributed by atoms with Crippen LogP contribution in [-0.2, 0) is 4.79 Å². The molecule has 6 nitrogen and oxygen atoms in total. The molecule has 0 bridgehead atoms. The highest BCUT2D eigenvalue weighted by Gasteiger charge is 2.41. The average Bonchev–Trinajstić information content (AvgIpc) is 2.76. The zero-order valence-corrected chi connectivity index (χ0v) is 10.7. The van der Waals surface area contributed by atoms with Crippen LogP contribution in [-0.4, -0.2) is 39.0 Å². The van der Waals surface area contributed by atoms with E-state index in [1.165, 1.54) is 6.39 Å². The van der Waals surface area contributed by atoms with E-state index in [4.69, 9.17) is 4.42 Å². The van der Waals surface area contributed by atoms with Gasteiger partial charge in [0.15, 0.2) is 12.1 Å². The second-order valence-corrected chi connectivity index (χ2v) is 5.44. The Morgan fingerprint density at radius 3 is 2.67 bits per heavy atom. The van der Waals surface area contributed by atoms with Crippen LogP contribution in [0.5, 0.6) is 0 Å². The number of oxazole rings is 1. The third-order valence-corrected chi connectivity index (χ3v) is 4.05. The fraction of sp³-hybridized carbons (Fsp3) is 0.545. The molecule has 7 heteroatoms. The highest BCUT2D eigenvalue weighted by molar-refractivity contribution is 7.99. The van der Waals surface area contributed by atoms with Crippen LogP contribution in [0.1, 0.15) is 29.1 Å². The first-order valence-electron chi connectivity index (χ1n) is 5.59. The van der Waals surface area contributed by atoms with Crippen LogP contribution in [0.4, 0.5) is 0 Å². The Balaban J connectivity index is 2.17. The van der Waals surface area contributed by atoms with Crippen molar-refractivity contribution in [3.63, 3.8) is 0 Å². The quantitative estimate of drug-likeness (QED) is 0.853. The monoisotopic (exact) mass is 270 g/mol. The molecule has 1 aliphatic rings. The van der Waals surface area contributed by atoms with E-state index in [2.05, 4.69) is 10.3 Å². The molecule has 2 heterocycles. The Kier molecular flexibility index (Phi) is 3.60. The second kappa shape index (κ2) is 5.01. The number of carbonyl (C=O) groups excluding carboxylic acids is 1. The van der Waals surface area contributed by atoms with E-state index in [-0.39, 0.29) is 5.69 Å². The highest BCUT2D eigenvalue weighted by Crippen LogP contribution is 2.27. The standard InChI is InChI=1S/C11H14N2O4S/c1-7-8(12-6-17-7)9(14)13-11(10(15)16)2-4-18-5-3-11/h6H,2-5H2,1H3,(H,13,14)(H,15,16). The maximum absolute atomic E-state index is 12.0. The van der Waals surface area contributed by atoms with E-state index in [0.29, 0.717) is 18.6 Å². The normalized spacial score (nSPS) is 18.3. The van der Waals surface area contributed by atoms with Crippen LogP contribution in [0.3, 0.4) is 0 Å². The summed E-state index contributed by atoms with van der Waals surface area (Å²) in [7, 11) is 0. The van der Waals surface area contributed by atoms with E-state index < -0.39 is 17.4 Å². The third-order valence-electron chi connectivity index (χ3n) is 3.07. The summed E-state index contributed by atoms with van der Waals surface area (Å²) in [6, 6.07) is 0. The van der Waals surface area contributed by atoms with Crippen molar-refractivity contribution in [1.29, 1.82) is 0 Å². The first-order chi connectivity index (χ1) is 8.55. The molecule has 0 unspecified atom stereocenters. The zero-order chi connectivity index (χ0) is 13.2. The van der Waals surface area contributed by atoms with Gasteiger partial charge in [0.2, 0.25) is 0 Å². The van der Waals surface area contributed by atoms with Gasteiger partial charge in [0, 0.05) is 0 Å². The summed E-state index contributed by atoms with van der Waals surface area (Å²) in [6.07, 6.45) is 2.03. The number of hydrogen-bond acceptors (Lipinski definition) is 5.